The third kappa shape index (κ3) is 1.88. The van der Waals surface area contributed by atoms with E-state index < -0.39 is 0 Å². The summed E-state index contributed by atoms with van der Waals surface area (Å²) in [5, 5.41) is 3.68. The van der Waals surface area contributed by atoms with Crippen molar-refractivity contribution in [1.29, 1.82) is 0 Å². The summed E-state index contributed by atoms with van der Waals surface area (Å²) in [5.74, 6) is 0. The number of rotatable bonds is 3. The minimum absolute atomic E-state index is 0.967. The molecule has 0 aromatic heterocycles. The topological polar surface area (TPSA) is 36.9 Å². The van der Waals surface area contributed by atoms with Crippen LogP contribution in [0.3, 0.4) is 0 Å². The summed E-state index contributed by atoms with van der Waals surface area (Å²) in [5.41, 5.74) is 6.00. The highest BCUT2D eigenvalue weighted by Gasteiger charge is 2.09. The molecule has 0 fully saturated rings. The number of nitrogens with zero attached hydrogens (tertiary/aromatic N) is 2. The molecule has 0 radical (unpaired) electrons. The van der Waals surface area contributed by atoms with Gasteiger partial charge in [0.2, 0.25) is 0 Å². The molecule has 15 heavy (non-hydrogen) atoms. The van der Waals surface area contributed by atoms with E-state index in [1.807, 2.05) is 6.07 Å². The zero-order chi connectivity index (χ0) is 10.7. The lowest BCUT2D eigenvalue weighted by molar-refractivity contribution is 0.207. The van der Waals surface area contributed by atoms with Crippen LogP contribution in [0.4, 0.5) is 11.4 Å². The molecule has 4 nitrogen and oxygen atoms in total. The SMILES string of the molecule is CCN(CC)c1ccc2c(c1)NON=C2. The Morgan fingerprint density at radius 3 is 2.87 bits per heavy atom. The molecule has 2 rings (SSSR count). The standard InChI is InChI=1S/C11H15N3O/c1-3-14(4-2)10-6-5-9-8-12-15-13-11(9)7-10/h5-8,13H,3-4H2,1-2H3. The smallest absolute Gasteiger partial charge is 0.0850 e. The molecule has 0 spiro atoms. The Kier molecular flexibility index (Phi) is 2.76. The molecule has 0 atom stereocenters. The molecule has 0 aliphatic carbocycles. The van der Waals surface area contributed by atoms with Gasteiger partial charge in [0.15, 0.2) is 0 Å². The van der Waals surface area contributed by atoms with Crippen LogP contribution in [0.15, 0.2) is 23.4 Å². The second-order valence-electron chi connectivity index (χ2n) is 3.37. The number of benzene rings is 1. The molecule has 0 unspecified atom stereocenters. The summed E-state index contributed by atoms with van der Waals surface area (Å²) in [6.45, 7) is 6.30. The molecule has 1 heterocycles. The molecule has 0 amide bonds. The van der Waals surface area contributed by atoms with Crippen LogP contribution in [-0.2, 0) is 4.94 Å². The molecule has 1 aliphatic rings. The number of hydrogen-bond donors (Lipinski definition) is 1. The van der Waals surface area contributed by atoms with Crippen LogP contribution >= 0.6 is 0 Å². The first-order valence-electron chi connectivity index (χ1n) is 5.19. The number of fused-ring (bicyclic) bond motifs is 1. The second-order valence-corrected chi connectivity index (χ2v) is 3.37. The largest absolute Gasteiger partial charge is 0.372 e. The number of hydrogen-bond acceptors (Lipinski definition) is 4. The molecule has 1 aliphatic heterocycles. The van der Waals surface area contributed by atoms with Crippen LogP contribution < -0.4 is 10.4 Å². The van der Waals surface area contributed by atoms with Gasteiger partial charge in [-0.2, -0.15) is 5.48 Å². The molecule has 80 valence electrons. The van der Waals surface area contributed by atoms with Crippen LogP contribution in [0, 0.1) is 0 Å². The fourth-order valence-electron chi connectivity index (χ4n) is 1.69. The molecular weight excluding hydrogens is 190 g/mol. The highest BCUT2D eigenvalue weighted by molar-refractivity contribution is 5.89. The summed E-state index contributed by atoms with van der Waals surface area (Å²) in [6, 6.07) is 6.22. The zero-order valence-electron chi connectivity index (χ0n) is 9.03. The molecular formula is C11H15N3O. The van der Waals surface area contributed by atoms with Crippen LogP contribution in [0.5, 0.6) is 0 Å². The van der Waals surface area contributed by atoms with Crippen LogP contribution in [0.2, 0.25) is 0 Å². The van der Waals surface area contributed by atoms with Crippen LogP contribution in [-0.4, -0.2) is 19.3 Å². The van der Waals surface area contributed by atoms with Gasteiger partial charge in [-0.05, 0) is 32.0 Å². The van der Waals surface area contributed by atoms with E-state index in [0.29, 0.717) is 0 Å². The second kappa shape index (κ2) is 4.21. The summed E-state index contributed by atoms with van der Waals surface area (Å²) in [7, 11) is 0. The fraction of sp³-hybridized carbons (Fsp3) is 0.364. The summed E-state index contributed by atoms with van der Waals surface area (Å²) >= 11 is 0. The van der Waals surface area contributed by atoms with Crippen molar-refractivity contribution in [2.24, 2.45) is 5.16 Å². The maximum Gasteiger partial charge on any atom is 0.0850 e. The van der Waals surface area contributed by atoms with Crippen molar-refractivity contribution >= 4 is 17.6 Å². The minimum Gasteiger partial charge on any atom is -0.372 e. The molecule has 0 saturated carbocycles. The van der Waals surface area contributed by atoms with Crippen molar-refractivity contribution in [1.82, 2.24) is 0 Å². The van der Waals surface area contributed by atoms with E-state index in [9.17, 15) is 0 Å². The first-order valence-corrected chi connectivity index (χ1v) is 5.19. The van der Waals surface area contributed by atoms with Gasteiger partial charge in [0.05, 0.1) is 11.9 Å². The molecule has 0 bridgehead atoms. The van der Waals surface area contributed by atoms with Crippen molar-refractivity contribution in [2.45, 2.75) is 13.8 Å². The van der Waals surface area contributed by atoms with Crippen molar-refractivity contribution in [2.75, 3.05) is 23.5 Å². The lowest BCUT2D eigenvalue weighted by Crippen LogP contribution is -2.22. The summed E-state index contributed by atoms with van der Waals surface area (Å²) in [6.07, 6.45) is 1.71. The number of oxime groups is 1. The summed E-state index contributed by atoms with van der Waals surface area (Å²) < 4.78 is 0. The van der Waals surface area contributed by atoms with Crippen LogP contribution in [0.25, 0.3) is 0 Å². The van der Waals surface area contributed by atoms with Gasteiger partial charge in [-0.1, -0.05) is 5.16 Å². The average molecular weight is 205 g/mol. The van der Waals surface area contributed by atoms with Gasteiger partial charge in [-0.25, -0.2) is 0 Å². The van der Waals surface area contributed by atoms with E-state index in [1.165, 1.54) is 5.69 Å². The Morgan fingerprint density at radius 1 is 1.33 bits per heavy atom. The van der Waals surface area contributed by atoms with E-state index >= 15 is 0 Å². The maximum atomic E-state index is 4.80. The summed E-state index contributed by atoms with van der Waals surface area (Å²) in [4.78, 5) is 7.08. The highest BCUT2D eigenvalue weighted by atomic mass is 16.8. The van der Waals surface area contributed by atoms with Crippen molar-refractivity contribution in [3.05, 3.63) is 23.8 Å². The Bertz CT molecular complexity index is 372. The quantitative estimate of drug-likeness (QED) is 0.822. The van der Waals surface area contributed by atoms with E-state index in [1.54, 1.807) is 6.21 Å². The van der Waals surface area contributed by atoms with Gasteiger partial charge in [0.25, 0.3) is 0 Å². The van der Waals surface area contributed by atoms with Crippen molar-refractivity contribution < 1.29 is 4.94 Å². The lowest BCUT2D eigenvalue weighted by atomic mass is 10.1. The monoisotopic (exact) mass is 205 g/mol. The number of anilines is 2. The van der Waals surface area contributed by atoms with Crippen LogP contribution in [0.1, 0.15) is 19.4 Å². The molecule has 4 heteroatoms. The van der Waals surface area contributed by atoms with Crippen molar-refractivity contribution in [3.8, 4) is 0 Å². The predicted molar refractivity (Wildman–Crippen MR) is 62.3 cm³/mol. The third-order valence-corrected chi connectivity index (χ3v) is 2.57. The number of nitrogens with one attached hydrogen (secondary N) is 1. The molecule has 0 saturated heterocycles. The van der Waals surface area contributed by atoms with Gasteiger partial charge < -0.3 is 4.90 Å². The molecule has 1 aromatic carbocycles. The molecule has 1 aromatic rings. The third-order valence-electron chi connectivity index (χ3n) is 2.57. The Balaban J connectivity index is 2.31. The maximum absolute atomic E-state index is 4.80. The normalized spacial score (nSPS) is 12.7. The molecule has 1 N–H and O–H groups in total. The van der Waals surface area contributed by atoms with Gasteiger partial charge in [-0.3, -0.25) is 4.94 Å². The average Bonchev–Trinajstić information content (AvgIpc) is 2.30. The fourth-order valence-corrected chi connectivity index (χ4v) is 1.69. The first-order chi connectivity index (χ1) is 7.35. The minimum atomic E-state index is 0.967. The zero-order valence-corrected chi connectivity index (χ0v) is 9.03. The van der Waals surface area contributed by atoms with Gasteiger partial charge in [0.1, 0.15) is 0 Å². The van der Waals surface area contributed by atoms with E-state index in [2.05, 4.69) is 41.5 Å². The Hall–Kier alpha value is -1.71. The Morgan fingerprint density at radius 2 is 2.13 bits per heavy atom. The van der Waals surface area contributed by atoms with Gasteiger partial charge >= 0.3 is 0 Å². The van der Waals surface area contributed by atoms with E-state index in [-0.39, 0.29) is 0 Å². The van der Waals surface area contributed by atoms with E-state index in [4.69, 9.17) is 4.94 Å². The van der Waals surface area contributed by atoms with Gasteiger partial charge in [0, 0.05) is 24.3 Å². The van der Waals surface area contributed by atoms with Crippen molar-refractivity contribution in [3.63, 3.8) is 0 Å². The highest BCUT2D eigenvalue weighted by Crippen LogP contribution is 2.24. The first kappa shape index (κ1) is 9.83. The van der Waals surface area contributed by atoms with E-state index in [0.717, 1.165) is 24.3 Å². The van der Waals surface area contributed by atoms with Gasteiger partial charge in [-0.15, -0.1) is 0 Å². The lowest BCUT2D eigenvalue weighted by Gasteiger charge is -2.22. The predicted octanol–water partition coefficient (Wildman–Crippen LogP) is 2.22. The Labute approximate surface area is 89.5 Å².